The van der Waals surface area contributed by atoms with Crippen molar-refractivity contribution in [3.05, 3.63) is 78.7 Å². The van der Waals surface area contributed by atoms with E-state index in [0.717, 1.165) is 16.3 Å². The van der Waals surface area contributed by atoms with E-state index in [1.165, 1.54) is 48.5 Å². The number of nitrogens with one attached hydrogen (secondary N) is 6. The number of esters is 4. The van der Waals surface area contributed by atoms with Crippen molar-refractivity contribution >= 4 is 303 Å². The molecule has 6 N–H and O–H groups in total. The fourth-order valence-corrected chi connectivity index (χ4v) is 18.5. The van der Waals surface area contributed by atoms with E-state index in [2.05, 4.69) is 113 Å². The topological polar surface area (TPSA) is 332 Å². The van der Waals surface area contributed by atoms with Gasteiger partial charge in [-0.25, -0.2) is 19.2 Å². The number of amides is 6. The highest BCUT2D eigenvalue weighted by atomic mass is 127. The lowest BCUT2D eigenvalue weighted by molar-refractivity contribution is -0.149. The number of hydrogen-bond donors (Lipinski definition) is 6. The van der Waals surface area contributed by atoms with Crippen LogP contribution < -0.4 is 31.9 Å². The zero-order valence-corrected chi connectivity index (χ0v) is 67.7. The molecule has 0 bridgehead atoms. The Morgan fingerprint density at radius 2 is 0.805 bits per heavy atom. The molecule has 0 aromatic heterocycles. The van der Waals surface area contributed by atoms with Gasteiger partial charge < -0.3 is 60.3 Å². The number of rotatable bonds is 23. The Kier molecular flexibility index (Phi) is 38.2. The predicted octanol–water partition coefficient (Wildman–Crippen LogP) is 12.4. The molecule has 1 atom stereocenters. The molecule has 0 spiro atoms. The van der Waals surface area contributed by atoms with Crippen LogP contribution in [0, 0.1) is 45.0 Å². The van der Waals surface area contributed by atoms with Gasteiger partial charge in [-0.05, 0) is 236 Å². The minimum absolute atomic E-state index is 0.00414. The first-order chi connectivity index (χ1) is 40.3. The second-order valence-corrected chi connectivity index (χ2v) is 27.7. The van der Waals surface area contributed by atoms with E-state index in [9.17, 15) is 57.5 Å². The number of carbonyl (C=O) groups excluding carboxylic acids is 12. The summed E-state index contributed by atoms with van der Waals surface area (Å²) in [6.07, 6.45) is -1.57. The van der Waals surface area contributed by atoms with Gasteiger partial charge in [0.25, 0.3) is 0 Å². The maximum Gasteiger partial charge on any atom is 0.511 e. The molecule has 0 aliphatic carbocycles. The van der Waals surface area contributed by atoms with Gasteiger partial charge in [-0.2, -0.15) is 0 Å². The summed E-state index contributed by atoms with van der Waals surface area (Å²) in [4.78, 5) is 142. The molecule has 0 saturated carbocycles. The molecule has 24 nitrogen and oxygen atoms in total. The number of carbonyl (C=O) groups is 12. The molecule has 33 heteroatoms. The molecule has 0 fully saturated rings. The van der Waals surface area contributed by atoms with E-state index in [1.807, 2.05) is 142 Å². The molecule has 3 aromatic rings. The molecule has 0 aliphatic heterocycles. The summed E-state index contributed by atoms with van der Waals surface area (Å²) in [5, 5.41) is 16.2. The van der Waals surface area contributed by atoms with Gasteiger partial charge in [-0.15, -0.1) is 0 Å². The smallest absolute Gasteiger partial charge is 0.462 e. The van der Waals surface area contributed by atoms with Gasteiger partial charge in [0.1, 0.15) is 26.4 Å². The van der Waals surface area contributed by atoms with E-state index in [1.54, 1.807) is 20.8 Å². The van der Waals surface area contributed by atoms with Gasteiger partial charge in [0.15, 0.2) is 5.78 Å². The first kappa shape index (κ1) is 82.4. The second-order valence-electron chi connectivity index (χ2n) is 18.0. The molecule has 0 aliphatic rings. The number of halogens is 9. The van der Waals surface area contributed by atoms with Crippen molar-refractivity contribution in [3.8, 4) is 0 Å². The average Bonchev–Trinajstić information content (AvgIpc) is 0.935. The summed E-state index contributed by atoms with van der Waals surface area (Å²) < 4.78 is 35.3. The normalized spacial score (nSPS) is 10.6. The summed E-state index contributed by atoms with van der Waals surface area (Å²) >= 11 is 18.1. The molecular formula is C54H59I9N6O18. The molecule has 0 heterocycles. The number of hydrogen-bond acceptors (Lipinski definition) is 18. The third-order valence-corrected chi connectivity index (χ3v) is 20.3. The van der Waals surface area contributed by atoms with Crippen molar-refractivity contribution < 1.29 is 86.0 Å². The first-order valence-electron chi connectivity index (χ1n) is 24.9. The van der Waals surface area contributed by atoms with Crippen LogP contribution in [0.1, 0.15) is 119 Å². The largest absolute Gasteiger partial charge is 0.511 e. The van der Waals surface area contributed by atoms with E-state index >= 15 is 0 Å². The van der Waals surface area contributed by atoms with Gasteiger partial charge in [0.05, 0.1) is 66.9 Å². The van der Waals surface area contributed by atoms with Gasteiger partial charge in [0, 0.05) is 81.9 Å². The number of ketones is 1. The summed E-state index contributed by atoms with van der Waals surface area (Å²) in [5.74, 6) is -4.59. The number of anilines is 5. The molecular weight excluding hydrogens is 2160 g/mol. The number of benzene rings is 3. The van der Waals surface area contributed by atoms with Gasteiger partial charge in [-0.1, -0.05) is 27.0 Å². The lowest BCUT2D eigenvalue weighted by atomic mass is 10.0. The lowest BCUT2D eigenvalue weighted by Crippen LogP contribution is -2.25. The predicted molar refractivity (Wildman–Crippen MR) is 401 cm³/mol. The van der Waals surface area contributed by atoms with Gasteiger partial charge in [0.2, 0.25) is 41.7 Å². The average molecular weight is 2220 g/mol. The minimum Gasteiger partial charge on any atom is -0.462 e. The molecule has 0 saturated heterocycles. The van der Waals surface area contributed by atoms with Crippen molar-refractivity contribution in [2.24, 2.45) is 5.92 Å². The summed E-state index contributed by atoms with van der Waals surface area (Å²) in [7, 11) is 0. The van der Waals surface area contributed by atoms with Crippen LogP contribution in [0.2, 0.25) is 0 Å². The van der Waals surface area contributed by atoms with Crippen molar-refractivity contribution in [3.63, 3.8) is 0 Å². The zero-order chi connectivity index (χ0) is 67.1. The molecule has 3 rings (SSSR count). The number of ether oxygens (including phenoxy) is 6. The van der Waals surface area contributed by atoms with Crippen LogP contribution in [0.15, 0.2) is 24.3 Å². The van der Waals surface area contributed by atoms with Crippen LogP contribution in [0.4, 0.5) is 33.2 Å². The monoisotopic (exact) mass is 2220 g/mol. The molecule has 0 radical (unpaired) electrons. The van der Waals surface area contributed by atoms with Gasteiger partial charge >= 0.3 is 30.0 Å². The van der Waals surface area contributed by atoms with Crippen LogP contribution >= 0.6 is 203 Å². The Hall–Kier alpha value is -2.65. The summed E-state index contributed by atoms with van der Waals surface area (Å²) in [6, 6.07) is 0. The fraction of sp³-hybridized carbons (Fsp3) is 0.370. The Labute approximate surface area is 625 Å². The Balaban J connectivity index is 0.000000661. The Morgan fingerprint density at radius 3 is 1.20 bits per heavy atom. The summed E-state index contributed by atoms with van der Waals surface area (Å²) in [6.45, 7) is 23.3. The Bertz CT molecular complexity index is 3160. The molecule has 476 valence electrons. The van der Waals surface area contributed by atoms with E-state index < -0.39 is 36.3 Å². The third kappa shape index (κ3) is 27.2. The minimum atomic E-state index is -1.32. The highest BCUT2D eigenvalue weighted by molar-refractivity contribution is 14.1. The molecule has 6 amide bonds. The molecule has 3 aromatic carbocycles. The van der Waals surface area contributed by atoms with E-state index in [4.69, 9.17) is 28.4 Å². The summed E-state index contributed by atoms with van der Waals surface area (Å²) in [5.41, 5.74) is 4.71. The van der Waals surface area contributed by atoms with Crippen molar-refractivity contribution in [2.75, 3.05) is 59.6 Å². The van der Waals surface area contributed by atoms with Crippen molar-refractivity contribution in [1.82, 2.24) is 5.32 Å². The zero-order valence-electron chi connectivity index (χ0n) is 48.3. The highest BCUT2D eigenvalue weighted by Crippen LogP contribution is 2.41. The SMILES string of the molecule is C=C(C)C(=O)NCCCC(=O)c1c(I)c(C)c(I)c(NC(C)=O)c1I.C=C(C)C(=O)OCCOC(=O)c1c(I)c(NC(C)=O)c(I)c(NC(C)=O)c1I.CC(=O)Nc1c(I)c(NC(C)=O)c(I)c(C(=O)OC(C)OC(=O)OCCOC(=O)C(C)C)c1I. The number of Topliss-reactive ketones (excluding diaryl/α,β-unsaturated/α-hetero) is 1. The molecule has 87 heavy (non-hydrogen) atoms. The van der Waals surface area contributed by atoms with E-state index in [-0.39, 0.29) is 90.3 Å². The van der Waals surface area contributed by atoms with Crippen LogP contribution in [-0.2, 0) is 66.8 Å². The van der Waals surface area contributed by atoms with Crippen LogP contribution in [0.25, 0.3) is 0 Å². The second kappa shape index (κ2) is 40.4. The van der Waals surface area contributed by atoms with E-state index in [0.29, 0.717) is 80.4 Å². The lowest BCUT2D eigenvalue weighted by Gasteiger charge is -2.20. The van der Waals surface area contributed by atoms with Crippen molar-refractivity contribution in [1.29, 1.82) is 0 Å². The van der Waals surface area contributed by atoms with Crippen LogP contribution in [-0.4, -0.2) is 111 Å². The maximum atomic E-state index is 12.9. The molecule has 1 unspecified atom stereocenters. The van der Waals surface area contributed by atoms with Crippen LogP contribution in [0.3, 0.4) is 0 Å². The van der Waals surface area contributed by atoms with Gasteiger partial charge in [-0.3, -0.25) is 38.4 Å². The Morgan fingerprint density at radius 1 is 0.437 bits per heavy atom. The van der Waals surface area contributed by atoms with Crippen molar-refractivity contribution in [2.45, 2.75) is 95.3 Å². The third-order valence-electron chi connectivity index (χ3n) is 10.1. The standard InChI is InChI=1S/C20H23I3N2O9.C17H17I3N2O6.C17H19I3N2O3/c1-8(2)18(28)31-6-7-32-20(30)34-11(5)33-19(29)12-13(21)16(24-9(3)26)15(23)17(14(12)22)25-10(4)27;1-7(2)16(25)27-5-6-28-17(26)10-11(18)14(21-8(3)23)13(20)15(12(10)19)22-9(4)24;1-8(2)17(25)21-7-5-6-11(24)12-13(18)9(3)14(19)16(15(12)20)22-10(4)23/h8,11H,6-7H2,1-5H3,(H,24,26)(H,25,27);1,5-6H2,2-4H3,(H,21,23)(H,22,24);1,5-7H2,2-4H3,(H,21,25)(H,22,23). The highest BCUT2D eigenvalue weighted by Gasteiger charge is 2.30. The van der Waals surface area contributed by atoms with Crippen LogP contribution in [0.5, 0.6) is 0 Å². The first-order valence-corrected chi connectivity index (χ1v) is 34.6. The maximum absolute atomic E-state index is 12.9. The quantitative estimate of drug-likeness (QED) is 0.00977. The fourth-order valence-electron chi connectivity index (χ4n) is 6.18.